The molecule has 1 aliphatic carbocycles. The van der Waals surface area contributed by atoms with Crippen LogP contribution in [-0.2, 0) is 59.0 Å². The number of piperazine rings is 1. The zero-order chi connectivity index (χ0) is 86.2. The summed E-state index contributed by atoms with van der Waals surface area (Å²) < 4.78 is 39.2. The molecule has 650 valence electrons. The molecule has 3 amide bonds. The quantitative estimate of drug-likeness (QED) is 0.0164. The minimum absolute atomic E-state index is 0.00624. The molecule has 1 aromatic carbocycles. The lowest BCUT2D eigenvalue weighted by Gasteiger charge is -2.42. The van der Waals surface area contributed by atoms with Gasteiger partial charge in [0.25, 0.3) is 23.6 Å². The zero-order valence-corrected chi connectivity index (χ0v) is 70.0. The van der Waals surface area contributed by atoms with Crippen molar-refractivity contribution >= 4 is 86.9 Å². The molecule has 12 rings (SSSR count). The Labute approximate surface area is 701 Å². The summed E-state index contributed by atoms with van der Waals surface area (Å²) in [7, 11) is 3.17. The Balaban J connectivity index is 0.598. The number of cyclic esters (lactones) is 1. The number of nitrogens with two attached hydrogens (primary N) is 3. The molecule has 2 bridgehead atoms. The number of Topliss-reactive ketones (excluding diaryl/α,β-unsaturated/α-hetero) is 3. The second kappa shape index (κ2) is 41.2. The van der Waals surface area contributed by atoms with Gasteiger partial charge in [-0.1, -0.05) is 69.4 Å². The number of unbranched alkanes of at least 4 members (excludes halogenated alkanes) is 1. The monoisotopic (exact) mass is 1670 g/mol. The maximum absolute atomic E-state index is 14.8. The normalized spacial score (nSPS) is 27.2. The third kappa shape index (κ3) is 22.1. The molecular formula is C85H114N20O16. The van der Waals surface area contributed by atoms with E-state index >= 15 is 0 Å². The Morgan fingerprint density at radius 2 is 1.52 bits per heavy atom. The molecule has 6 aromatic heterocycles. The van der Waals surface area contributed by atoms with Crippen molar-refractivity contribution in [3.05, 3.63) is 109 Å². The number of oxazole rings is 1. The van der Waals surface area contributed by atoms with E-state index in [1.54, 1.807) is 62.8 Å². The number of methoxy groups -OCH3 is 2. The highest BCUT2D eigenvalue weighted by Gasteiger charge is 2.53. The predicted molar refractivity (Wildman–Crippen MR) is 447 cm³/mol. The van der Waals surface area contributed by atoms with Gasteiger partial charge in [0, 0.05) is 146 Å². The van der Waals surface area contributed by atoms with Crippen molar-refractivity contribution in [1.82, 2.24) is 75.2 Å². The van der Waals surface area contributed by atoms with Crippen LogP contribution in [0.1, 0.15) is 154 Å². The number of aryl methyl sites for hydroxylation is 1. The van der Waals surface area contributed by atoms with E-state index in [-0.39, 0.29) is 111 Å². The first-order chi connectivity index (χ1) is 58.2. The van der Waals surface area contributed by atoms with Crippen molar-refractivity contribution < 1.29 is 77.0 Å². The van der Waals surface area contributed by atoms with E-state index in [1.165, 1.54) is 31.7 Å². The smallest absolute Gasteiger partial charge is 0.329 e. The molecule has 7 aromatic rings. The highest BCUT2D eigenvalue weighted by atomic mass is 16.6. The van der Waals surface area contributed by atoms with E-state index in [9.17, 15) is 48.9 Å². The molecule has 4 aliphatic heterocycles. The van der Waals surface area contributed by atoms with Gasteiger partial charge in [0.05, 0.1) is 54.7 Å². The van der Waals surface area contributed by atoms with E-state index in [0.717, 1.165) is 16.0 Å². The van der Waals surface area contributed by atoms with Gasteiger partial charge in [-0.25, -0.2) is 44.1 Å². The Morgan fingerprint density at radius 3 is 2.26 bits per heavy atom. The average Bonchev–Trinajstić information content (AvgIpc) is 1.55. The van der Waals surface area contributed by atoms with Crippen LogP contribution in [-0.4, -0.2) is 249 Å². The van der Waals surface area contributed by atoms with Crippen LogP contribution in [0.4, 0.5) is 23.7 Å². The van der Waals surface area contributed by atoms with Gasteiger partial charge in [-0.2, -0.15) is 10.1 Å². The number of rotatable bonds is 22. The number of anilines is 4. The number of esters is 1. The Kier molecular flexibility index (Phi) is 30.5. The summed E-state index contributed by atoms with van der Waals surface area (Å²) in [5, 5.41) is 55.0. The summed E-state index contributed by atoms with van der Waals surface area (Å²) >= 11 is 0. The third-order valence-electron chi connectivity index (χ3n) is 23.9. The first kappa shape index (κ1) is 89.5. The molecule has 5 aliphatic rings. The molecule has 36 heteroatoms. The van der Waals surface area contributed by atoms with E-state index < -0.39 is 95.4 Å². The molecule has 0 spiro atoms. The van der Waals surface area contributed by atoms with Gasteiger partial charge < -0.3 is 86.0 Å². The second-order valence-corrected chi connectivity index (χ2v) is 32.6. The Morgan fingerprint density at radius 1 is 0.777 bits per heavy atom. The molecule has 0 unspecified atom stereocenters. The zero-order valence-electron chi connectivity index (χ0n) is 70.0. The molecule has 121 heavy (non-hydrogen) atoms. The van der Waals surface area contributed by atoms with E-state index in [4.69, 9.17) is 60.4 Å². The number of ether oxygens (including phenoxy) is 5. The maximum atomic E-state index is 14.8. The van der Waals surface area contributed by atoms with Crippen LogP contribution in [0.5, 0.6) is 0 Å². The summed E-state index contributed by atoms with van der Waals surface area (Å²) in [4.78, 5) is 134. The number of ketones is 3. The topological polar surface area (TPSA) is 490 Å². The summed E-state index contributed by atoms with van der Waals surface area (Å²) in [6.45, 7) is 14.1. The van der Waals surface area contributed by atoms with Crippen molar-refractivity contribution in [3.63, 3.8) is 0 Å². The fourth-order valence-corrected chi connectivity index (χ4v) is 16.7. The molecule has 4 fully saturated rings. The predicted octanol–water partition coefficient (Wildman–Crippen LogP) is 6.11. The highest BCUT2D eigenvalue weighted by Crippen LogP contribution is 2.40. The number of benzene rings is 1. The number of nitrogens with one attached hydrogen (secondary N) is 2. The molecule has 11 N–H and O–H groups in total. The fraction of sp³-hybridized carbons (Fsp3) is 0.565. The highest BCUT2D eigenvalue weighted by molar-refractivity contribution is 6.39. The number of carbonyl (C=O) groups is 7. The van der Waals surface area contributed by atoms with Crippen LogP contribution in [0.15, 0.2) is 108 Å². The third-order valence-corrected chi connectivity index (χ3v) is 23.9. The number of aliphatic hydroxyl groups excluding tert-OH is 2. The lowest BCUT2D eigenvalue weighted by atomic mass is 9.79. The standard InChI is InChI=1S/C85H114N20O16/c1-49-16-10-9-11-17-50(2)67(116-7)41-59-22-19-54(6)85(115,121-59)76(111)80(113)103-28-14-12-18-64(103)81(114)119-68(42-65(106)51(3)37-53(5)74(109)75(110)73(108)52(4)36-49)60(86)38-55-20-23-63(69(39-55)117-8)105-47-62(98-100-105)57-43-91-83(92-44-57)101-30-32-102(33-31-101)84-93-45-58(46-94-84)79(112)90-27-35-118-34-25-70(107)89-26-13-15-29-104-78-71(77(87)95-48-96-78)72(99-104)56-21-24-66-61(40-56)97-82(88)120-66/h9-11,16-17,21,24,37,40,43-49,51-52,54-55,59-60,63-64,67-69,74-75,109-110,115H,12-15,18-20,22-23,25-36,38-39,41-42,86H2,1-8H3,(H2,88,97)(H,89,107)(H,90,112)(H2,87,95,96)/b11-9?,16-10+,50-17?,53-37+/t49-,51-,52-,54-,55+,59+,60-,63+,64+,67+,68+,69-,74-,75+,85-/m1/s1. The molecule has 36 nitrogen and oxygen atoms in total. The van der Waals surface area contributed by atoms with Gasteiger partial charge in [-0.05, 0) is 132 Å². The van der Waals surface area contributed by atoms with E-state index in [0.29, 0.717) is 160 Å². The van der Waals surface area contributed by atoms with Gasteiger partial charge in [0.15, 0.2) is 17.0 Å². The number of hydrogen-bond donors (Lipinski definition) is 8. The van der Waals surface area contributed by atoms with Gasteiger partial charge in [0.1, 0.15) is 59.2 Å². The molecule has 0 radical (unpaired) electrons. The summed E-state index contributed by atoms with van der Waals surface area (Å²) in [6, 6.07) is 3.06. The lowest BCUT2D eigenvalue weighted by Crippen LogP contribution is -2.61. The number of nitrogen functional groups attached to an aromatic ring is 2. The molecular weight excluding hydrogens is 1560 g/mol. The lowest BCUT2D eigenvalue weighted by molar-refractivity contribution is -0.265. The van der Waals surface area contributed by atoms with Crippen LogP contribution in [0, 0.1) is 29.6 Å². The Hall–Kier alpha value is -10.7. The van der Waals surface area contributed by atoms with Crippen molar-refractivity contribution in [3.8, 4) is 22.5 Å². The number of allylic oxidation sites excluding steroid dienone is 6. The first-order valence-electron chi connectivity index (χ1n) is 41.9. The minimum atomic E-state index is -2.51. The minimum Gasteiger partial charge on any atom is -0.459 e. The van der Waals surface area contributed by atoms with E-state index in [1.807, 2.05) is 67.5 Å². The largest absolute Gasteiger partial charge is 0.459 e. The van der Waals surface area contributed by atoms with Crippen molar-refractivity contribution in [1.29, 1.82) is 0 Å². The van der Waals surface area contributed by atoms with Crippen molar-refractivity contribution in [2.24, 2.45) is 35.3 Å². The summed E-state index contributed by atoms with van der Waals surface area (Å²) in [5.74, 6) is -8.37. The number of piperidine rings is 1. The van der Waals surface area contributed by atoms with Crippen molar-refractivity contribution in [2.75, 3.05) is 94.5 Å². The molecule has 3 saturated heterocycles. The Bertz CT molecular complexity index is 4890. The fourth-order valence-electron chi connectivity index (χ4n) is 16.7. The number of nitrogens with zero attached hydrogens (tertiary/aromatic N) is 15. The SMILES string of the molecule is CO[C@H]1C[C@@H]2CC[C@@H](C)[C@@](O)(O2)C(=O)C(=O)N2CCCC[C@H]2C(=O)O[C@H]([C@H](N)C[C@@H]2CC[C@H](n3cc(-c4cnc(N5CCN(c6ncc(C(=O)NCCOCCC(=O)NCCCCn7nc(-c8ccc9oc(N)nc9c8)c8c(N)ncnc87)cn6)CC5)nc4)nn3)[C@H](OC)C2)CC(=O)[C@H](C)/C=C(\C)[C@@H](O)[C@@H](O)C(=O)[C@H](C)C[C@H](C)/C=C/C=CC=C1C. The first-order valence-corrected chi connectivity index (χ1v) is 41.9. The number of carbonyl (C=O) groups excluding carboxylic acids is 7. The van der Waals surface area contributed by atoms with Crippen LogP contribution in [0.3, 0.4) is 0 Å². The number of aromatic nitrogens is 12. The number of amides is 3. The van der Waals surface area contributed by atoms with Crippen LogP contribution in [0.25, 0.3) is 44.6 Å². The van der Waals surface area contributed by atoms with Crippen LogP contribution < -0.4 is 37.6 Å². The maximum Gasteiger partial charge on any atom is 0.329 e. The summed E-state index contributed by atoms with van der Waals surface area (Å²) in [5.41, 5.74) is 24.8. The molecule has 15 atom stereocenters. The number of hydrogen-bond acceptors (Lipinski definition) is 31. The summed E-state index contributed by atoms with van der Waals surface area (Å²) in [6.07, 6.45) is 20.0. The van der Waals surface area contributed by atoms with Crippen LogP contribution in [0.2, 0.25) is 0 Å². The van der Waals surface area contributed by atoms with Crippen molar-refractivity contribution in [2.45, 2.75) is 205 Å². The second-order valence-electron chi connectivity index (χ2n) is 32.6. The van der Waals surface area contributed by atoms with Gasteiger partial charge in [-0.3, -0.25) is 28.8 Å². The molecule has 1 saturated carbocycles. The average molecular weight is 1670 g/mol. The van der Waals surface area contributed by atoms with E-state index in [2.05, 4.69) is 50.8 Å². The number of aliphatic hydroxyl groups is 3. The number of fused-ring (bicyclic) bond motifs is 5. The van der Waals surface area contributed by atoms with Crippen LogP contribution >= 0.6 is 0 Å². The van der Waals surface area contributed by atoms with Gasteiger partial charge >= 0.3 is 5.97 Å². The van der Waals surface area contributed by atoms with Gasteiger partial charge in [-0.15, -0.1) is 5.10 Å². The van der Waals surface area contributed by atoms with Gasteiger partial charge in [0.2, 0.25) is 23.6 Å². The molecule has 10 heterocycles.